The Hall–Kier alpha value is -2.30. The number of ether oxygens (including phenoxy) is 1. The van der Waals surface area contributed by atoms with Crippen molar-refractivity contribution in [2.75, 3.05) is 13.6 Å². The van der Waals surface area contributed by atoms with Crippen molar-refractivity contribution in [3.8, 4) is 11.5 Å². The standard InChI is InChI=1S/C13H16N2O7S/c1-8(16)14-4-3-9-7-15-11-6-13(21-22-23(17,18)19)12(20-2)5-10(9)11/h5-7,15H,3-4H2,1-2H3,(H,14,16)(H,17,18,19)/p-1/i3D2,4D2. The van der Waals surface area contributed by atoms with Crippen LogP contribution >= 0.6 is 0 Å². The third-order valence-corrected chi connectivity index (χ3v) is 2.84. The van der Waals surface area contributed by atoms with Gasteiger partial charge in [-0.05, 0) is 18.0 Å². The van der Waals surface area contributed by atoms with Crippen LogP contribution in [0.15, 0.2) is 18.3 Å². The molecule has 0 spiro atoms. The van der Waals surface area contributed by atoms with Gasteiger partial charge >= 0.3 is 0 Å². The molecule has 2 rings (SSSR count). The fourth-order valence-electron chi connectivity index (χ4n) is 1.72. The second kappa shape index (κ2) is 6.86. The summed E-state index contributed by atoms with van der Waals surface area (Å²) >= 11 is 0. The molecule has 0 radical (unpaired) electrons. The van der Waals surface area contributed by atoms with Gasteiger partial charge in [0.05, 0.1) is 7.11 Å². The lowest BCUT2D eigenvalue weighted by atomic mass is 10.1. The SMILES string of the molecule is [2H]C([2H])(NC(C)=O)C([2H])([2H])c1c[nH]c2cc(OOS(=O)(=O)[O-])c(OC)cc12. The van der Waals surface area contributed by atoms with Crippen LogP contribution in [-0.4, -0.2) is 37.5 Å². The summed E-state index contributed by atoms with van der Waals surface area (Å²) in [7, 11) is -3.93. The Morgan fingerprint density at radius 1 is 1.43 bits per heavy atom. The second-order valence-electron chi connectivity index (χ2n) is 4.24. The van der Waals surface area contributed by atoms with Gasteiger partial charge in [0.1, 0.15) is 0 Å². The Kier molecular flexibility index (Phi) is 3.63. The van der Waals surface area contributed by atoms with E-state index in [2.05, 4.69) is 14.2 Å². The number of aromatic amines is 1. The van der Waals surface area contributed by atoms with E-state index in [1.165, 1.54) is 25.4 Å². The van der Waals surface area contributed by atoms with Crippen LogP contribution in [0.2, 0.25) is 0 Å². The number of carbonyl (C=O) groups is 1. The van der Waals surface area contributed by atoms with Crippen LogP contribution in [0.25, 0.3) is 10.9 Å². The van der Waals surface area contributed by atoms with Gasteiger partial charge < -0.3 is 24.5 Å². The average molecular weight is 347 g/mol. The van der Waals surface area contributed by atoms with Crippen LogP contribution in [0.4, 0.5) is 0 Å². The van der Waals surface area contributed by atoms with Crippen molar-refractivity contribution in [3.05, 3.63) is 23.9 Å². The van der Waals surface area contributed by atoms with Crippen molar-refractivity contribution in [3.63, 3.8) is 0 Å². The number of hydrogen-bond acceptors (Lipinski definition) is 7. The number of rotatable bonds is 7. The number of amides is 1. The number of methoxy groups -OCH3 is 1. The van der Waals surface area contributed by atoms with Crippen LogP contribution < -0.4 is 14.9 Å². The molecule has 126 valence electrons. The second-order valence-corrected chi connectivity index (χ2v) is 5.19. The summed E-state index contributed by atoms with van der Waals surface area (Å²) in [5.74, 6) is -1.15. The summed E-state index contributed by atoms with van der Waals surface area (Å²) in [6, 6.07) is 2.41. The lowest BCUT2D eigenvalue weighted by Gasteiger charge is -2.11. The lowest BCUT2D eigenvalue weighted by molar-refractivity contribution is -0.118. The van der Waals surface area contributed by atoms with Crippen LogP contribution in [-0.2, 0) is 25.9 Å². The minimum absolute atomic E-state index is 0.108. The predicted molar refractivity (Wildman–Crippen MR) is 78.6 cm³/mol. The van der Waals surface area contributed by atoms with Gasteiger partial charge in [-0.3, -0.25) is 4.79 Å². The quantitative estimate of drug-likeness (QED) is 0.325. The summed E-state index contributed by atoms with van der Waals surface area (Å²) in [4.78, 5) is 18.3. The van der Waals surface area contributed by atoms with Gasteiger partial charge in [-0.15, -0.1) is 0 Å². The highest BCUT2D eigenvalue weighted by molar-refractivity contribution is 7.80. The molecule has 0 aliphatic carbocycles. The van der Waals surface area contributed by atoms with E-state index in [-0.39, 0.29) is 28.0 Å². The van der Waals surface area contributed by atoms with E-state index in [4.69, 9.17) is 10.2 Å². The summed E-state index contributed by atoms with van der Waals surface area (Å²) in [5, 5.41) is 2.09. The Morgan fingerprint density at radius 2 is 2.17 bits per heavy atom. The molecule has 0 aliphatic heterocycles. The Morgan fingerprint density at radius 3 is 2.78 bits per heavy atom. The molecule has 10 heteroatoms. The highest BCUT2D eigenvalue weighted by atomic mass is 32.3. The molecule has 9 nitrogen and oxygen atoms in total. The number of benzene rings is 1. The molecule has 0 saturated carbocycles. The smallest absolute Gasteiger partial charge is 0.256 e. The molecule has 0 saturated heterocycles. The van der Waals surface area contributed by atoms with Crippen LogP contribution in [0.5, 0.6) is 11.5 Å². The third-order valence-electron chi connectivity index (χ3n) is 2.61. The van der Waals surface area contributed by atoms with E-state index in [0.29, 0.717) is 0 Å². The zero-order valence-electron chi connectivity index (χ0n) is 16.0. The third kappa shape index (κ3) is 4.58. The summed E-state index contributed by atoms with van der Waals surface area (Å²) in [6.45, 7) is -1.68. The molecule has 2 aromatic rings. The number of carbonyl (C=O) groups excluding carboxylic acids is 1. The molecule has 2 N–H and O–H groups in total. The minimum Gasteiger partial charge on any atom is -0.723 e. The minimum atomic E-state index is -5.14. The fourth-order valence-corrected chi connectivity index (χ4v) is 1.88. The topological polar surface area (TPSA) is 130 Å². The molecular weight excluding hydrogens is 328 g/mol. The van der Waals surface area contributed by atoms with Gasteiger partial charge in [-0.25, -0.2) is 8.42 Å². The van der Waals surface area contributed by atoms with Crippen LogP contribution in [0, 0.1) is 0 Å². The molecule has 1 heterocycles. The zero-order valence-corrected chi connectivity index (χ0v) is 12.8. The average Bonchev–Trinajstić information content (AvgIpc) is 2.93. The molecule has 1 amide bonds. The molecule has 23 heavy (non-hydrogen) atoms. The summed E-state index contributed by atoms with van der Waals surface area (Å²) < 4.78 is 72.3. The van der Waals surface area contributed by atoms with E-state index in [1.807, 2.05) is 5.32 Å². The summed E-state index contributed by atoms with van der Waals surface area (Å²) in [5.41, 5.74) is 0.0636. The molecule has 1 aromatic carbocycles. The monoisotopic (exact) mass is 347 g/mol. The van der Waals surface area contributed by atoms with Crippen molar-refractivity contribution in [2.24, 2.45) is 0 Å². The van der Waals surface area contributed by atoms with Gasteiger partial charge in [0, 0.05) is 42.1 Å². The van der Waals surface area contributed by atoms with E-state index in [0.717, 1.165) is 6.92 Å². The maximum absolute atomic E-state index is 11.2. The Balaban J connectivity index is 2.53. The highest BCUT2D eigenvalue weighted by Crippen LogP contribution is 2.34. The molecule has 0 aliphatic rings. The zero-order chi connectivity index (χ0) is 20.6. The van der Waals surface area contributed by atoms with Gasteiger partial charge in [0.15, 0.2) is 5.75 Å². The highest BCUT2D eigenvalue weighted by Gasteiger charge is 2.13. The summed E-state index contributed by atoms with van der Waals surface area (Å²) in [6.07, 6.45) is -1.47. The van der Waals surface area contributed by atoms with Crippen molar-refractivity contribution in [1.29, 1.82) is 0 Å². The van der Waals surface area contributed by atoms with Crippen molar-refractivity contribution < 1.29 is 37.2 Å². The number of aromatic nitrogens is 1. The lowest BCUT2D eigenvalue weighted by Crippen LogP contribution is -2.22. The van der Waals surface area contributed by atoms with E-state index >= 15 is 0 Å². The first-order valence-corrected chi connectivity index (χ1v) is 7.42. The number of aryl methyl sites for hydroxylation is 1. The van der Waals surface area contributed by atoms with E-state index < -0.39 is 29.2 Å². The molecule has 0 fully saturated rings. The largest absolute Gasteiger partial charge is 0.723 e. The first-order valence-electron chi connectivity index (χ1n) is 8.09. The van der Waals surface area contributed by atoms with Crippen molar-refractivity contribution in [2.45, 2.75) is 13.3 Å². The van der Waals surface area contributed by atoms with Crippen molar-refractivity contribution in [1.82, 2.24) is 10.3 Å². The maximum atomic E-state index is 11.2. The van der Waals surface area contributed by atoms with E-state index in [9.17, 15) is 17.8 Å². The first kappa shape index (κ1) is 12.2. The predicted octanol–water partition coefficient (Wildman–Crippen LogP) is 0.626. The molecule has 0 unspecified atom stereocenters. The van der Waals surface area contributed by atoms with Gasteiger partial charge in [0.25, 0.3) is 10.4 Å². The maximum Gasteiger partial charge on any atom is 0.256 e. The number of H-pyrrole nitrogens is 1. The number of fused-ring (bicyclic) bond motifs is 1. The fraction of sp³-hybridized carbons (Fsp3) is 0.308. The van der Waals surface area contributed by atoms with Gasteiger partial charge in [0.2, 0.25) is 11.7 Å². The normalized spacial score (nSPS) is 15.3. The molecule has 0 atom stereocenters. The molecule has 1 aromatic heterocycles. The van der Waals surface area contributed by atoms with Crippen LogP contribution in [0.1, 0.15) is 18.0 Å². The Labute approximate surface area is 138 Å². The van der Waals surface area contributed by atoms with E-state index in [1.54, 1.807) is 0 Å². The van der Waals surface area contributed by atoms with Gasteiger partial charge in [-0.2, -0.15) is 0 Å². The Bertz CT molecular complexity index is 974. The van der Waals surface area contributed by atoms with Crippen molar-refractivity contribution >= 4 is 27.2 Å². The molecular formula is C13H15N2O7S-. The van der Waals surface area contributed by atoms with Gasteiger partial charge in [-0.1, -0.05) is 4.33 Å². The number of nitrogens with one attached hydrogen (secondary N) is 2. The number of hydrogen-bond donors (Lipinski definition) is 2. The molecule has 0 bridgehead atoms. The van der Waals surface area contributed by atoms with Crippen LogP contribution in [0.3, 0.4) is 0 Å². The first-order chi connectivity index (χ1) is 12.3.